The summed E-state index contributed by atoms with van der Waals surface area (Å²) in [6.07, 6.45) is 3.66. The highest BCUT2D eigenvalue weighted by molar-refractivity contribution is 7.91. The highest BCUT2D eigenvalue weighted by atomic mass is 32.2. The van der Waals surface area contributed by atoms with Gasteiger partial charge in [-0.15, -0.1) is 0 Å². The molecule has 3 heterocycles. The Bertz CT molecular complexity index is 1960. The zero-order valence-electron chi connectivity index (χ0n) is 23.6. The molecule has 0 radical (unpaired) electrons. The van der Waals surface area contributed by atoms with Crippen molar-refractivity contribution >= 4 is 28.0 Å². The fourth-order valence-electron chi connectivity index (χ4n) is 5.55. The third-order valence-electron chi connectivity index (χ3n) is 7.97. The molecule has 3 N–H and O–H groups in total. The van der Waals surface area contributed by atoms with Gasteiger partial charge in [0.25, 0.3) is 5.92 Å². The average molecular weight is 646 g/mol. The third kappa shape index (κ3) is 4.97. The number of aromatic amines is 2. The first-order valence-corrected chi connectivity index (χ1v) is 15.1. The van der Waals surface area contributed by atoms with Gasteiger partial charge in [-0.05, 0) is 54.3 Å². The van der Waals surface area contributed by atoms with E-state index < -0.39 is 58.3 Å². The standard InChI is InChI=1S/C31H24F5N3O5S/c1-30(19-5-3-4-15(6-9-22(40)41)26(19)43-14-31(30,35)36)21-13-38-29(39-21)18-12-16(7-8-20(18)32)44-27-24(34)23(33)25-17(10-11-37-25)28(27)45(2)42/h3-5,7-8,10-13,37H,6,9,14H2,1-2H3,(H,38,39)(H,40,41)/t30-,45?/m0/s1. The van der Waals surface area contributed by atoms with Crippen molar-refractivity contribution in [3.63, 3.8) is 0 Å². The number of nitrogens with one attached hydrogen (secondary N) is 2. The molecule has 8 nitrogen and oxygen atoms in total. The number of imidazole rings is 1. The molecule has 45 heavy (non-hydrogen) atoms. The normalized spacial score (nSPS) is 18.0. The summed E-state index contributed by atoms with van der Waals surface area (Å²) in [6.45, 7) is 0.265. The number of carboxylic acid groups (broad SMARTS) is 1. The molecule has 3 aromatic carbocycles. The van der Waals surface area contributed by atoms with Crippen molar-refractivity contribution in [1.29, 1.82) is 0 Å². The number of carboxylic acids is 1. The Kier molecular flexibility index (Phi) is 7.52. The number of hydrogen-bond acceptors (Lipinski definition) is 5. The number of aliphatic carboxylic acids is 1. The van der Waals surface area contributed by atoms with Gasteiger partial charge in [-0.2, -0.15) is 4.39 Å². The Labute approximate surface area is 255 Å². The minimum absolute atomic E-state index is 0.0544. The molecule has 6 rings (SSSR count). The van der Waals surface area contributed by atoms with Crippen LogP contribution in [0.1, 0.15) is 30.2 Å². The van der Waals surface area contributed by atoms with Crippen LogP contribution in [-0.4, -0.2) is 49.4 Å². The van der Waals surface area contributed by atoms with E-state index in [0.717, 1.165) is 18.2 Å². The second kappa shape index (κ2) is 11.1. The van der Waals surface area contributed by atoms with Crippen LogP contribution < -0.4 is 9.47 Å². The van der Waals surface area contributed by atoms with Gasteiger partial charge in [0.2, 0.25) is 16.5 Å². The summed E-state index contributed by atoms with van der Waals surface area (Å²) in [7, 11) is 0. The van der Waals surface area contributed by atoms with Crippen LogP contribution in [0.2, 0.25) is 0 Å². The first kappa shape index (κ1) is 30.5. The van der Waals surface area contributed by atoms with E-state index in [1.807, 2.05) is 0 Å². The lowest BCUT2D eigenvalue weighted by Crippen LogP contribution is -2.51. The highest BCUT2D eigenvalue weighted by Gasteiger charge is 2.58. The van der Waals surface area contributed by atoms with Gasteiger partial charge in [0.15, 0.2) is 12.4 Å². The molecule has 0 saturated heterocycles. The van der Waals surface area contributed by atoms with Crippen LogP contribution in [0.4, 0.5) is 22.0 Å². The molecule has 1 aliphatic heterocycles. The maximum Gasteiger partial charge on any atom is 0.303 e. The quantitative estimate of drug-likeness (QED) is 0.125. The van der Waals surface area contributed by atoms with E-state index in [1.165, 1.54) is 43.8 Å². The van der Waals surface area contributed by atoms with Gasteiger partial charge in [-0.25, -0.2) is 22.5 Å². The SMILES string of the molecule is C[S+]([O-])c1c(Oc2ccc(F)c(-c3nc([C@]4(C)c5cccc(CCC(=O)O)c5OCC4(F)F)c[nH]3)c2)c(F)c(F)c2[nH]ccc12. The molecule has 0 aliphatic carbocycles. The Morgan fingerprint density at radius 2 is 1.93 bits per heavy atom. The molecule has 1 unspecified atom stereocenters. The lowest BCUT2D eigenvalue weighted by atomic mass is 9.72. The van der Waals surface area contributed by atoms with Crippen molar-refractivity contribution in [2.24, 2.45) is 0 Å². The van der Waals surface area contributed by atoms with Crippen LogP contribution >= 0.6 is 0 Å². The maximum atomic E-state index is 15.7. The summed E-state index contributed by atoms with van der Waals surface area (Å²) in [6, 6.07) is 9.24. The number of fused-ring (bicyclic) bond motifs is 2. The number of hydrogen-bond donors (Lipinski definition) is 3. The number of H-pyrrole nitrogens is 2. The second-order valence-corrected chi connectivity index (χ2v) is 12.0. The Morgan fingerprint density at radius 1 is 1.16 bits per heavy atom. The summed E-state index contributed by atoms with van der Waals surface area (Å²) >= 11 is -1.82. The molecule has 5 aromatic rings. The lowest BCUT2D eigenvalue weighted by molar-refractivity contribution is -0.137. The average Bonchev–Trinajstić information content (AvgIpc) is 3.68. The van der Waals surface area contributed by atoms with Crippen molar-refractivity contribution < 1.29 is 45.9 Å². The predicted octanol–water partition coefficient (Wildman–Crippen LogP) is 6.86. The van der Waals surface area contributed by atoms with E-state index in [4.69, 9.17) is 14.6 Å². The first-order chi connectivity index (χ1) is 21.3. The number of rotatable bonds is 8. The minimum atomic E-state index is -3.48. The molecule has 1 aliphatic rings. The van der Waals surface area contributed by atoms with Crippen LogP contribution in [0.25, 0.3) is 22.3 Å². The fraction of sp³-hybridized carbons (Fsp3) is 0.226. The molecule has 0 fully saturated rings. The van der Waals surface area contributed by atoms with E-state index in [1.54, 1.807) is 6.07 Å². The van der Waals surface area contributed by atoms with Gasteiger partial charge in [0.1, 0.15) is 34.8 Å². The van der Waals surface area contributed by atoms with E-state index in [0.29, 0.717) is 5.56 Å². The maximum absolute atomic E-state index is 15.7. The largest absolute Gasteiger partial charge is 0.612 e. The highest BCUT2D eigenvalue weighted by Crippen LogP contribution is 2.52. The first-order valence-electron chi connectivity index (χ1n) is 13.5. The van der Waals surface area contributed by atoms with Gasteiger partial charge in [-0.3, -0.25) is 4.79 Å². The minimum Gasteiger partial charge on any atom is -0.612 e. The van der Waals surface area contributed by atoms with Crippen molar-refractivity contribution in [3.05, 3.63) is 89.1 Å². The fourth-order valence-corrected chi connectivity index (χ4v) is 6.42. The number of halogens is 5. The van der Waals surface area contributed by atoms with Crippen LogP contribution in [0.5, 0.6) is 17.2 Å². The van der Waals surface area contributed by atoms with E-state index in [9.17, 15) is 13.7 Å². The number of nitrogens with zero attached hydrogens (tertiary/aromatic N) is 1. The topological polar surface area (TPSA) is 123 Å². The number of alkyl halides is 2. The predicted molar refractivity (Wildman–Crippen MR) is 154 cm³/mol. The van der Waals surface area contributed by atoms with Gasteiger partial charge in [0.05, 0.1) is 22.2 Å². The van der Waals surface area contributed by atoms with Crippen molar-refractivity contribution in [1.82, 2.24) is 15.0 Å². The van der Waals surface area contributed by atoms with Crippen molar-refractivity contribution in [2.45, 2.75) is 36.0 Å². The van der Waals surface area contributed by atoms with Gasteiger partial charge < -0.3 is 29.1 Å². The molecule has 0 spiro atoms. The van der Waals surface area contributed by atoms with E-state index in [-0.39, 0.29) is 62.8 Å². The number of aryl methyl sites for hydroxylation is 1. The summed E-state index contributed by atoms with van der Waals surface area (Å²) < 4.78 is 100.0. The smallest absolute Gasteiger partial charge is 0.303 e. The Morgan fingerprint density at radius 3 is 2.67 bits per heavy atom. The molecular weight excluding hydrogens is 621 g/mol. The number of benzene rings is 3. The number of ether oxygens (including phenoxy) is 2. The zero-order chi connectivity index (χ0) is 32.3. The second-order valence-electron chi connectivity index (χ2n) is 10.7. The molecular formula is C31H24F5N3O5S. The van der Waals surface area contributed by atoms with Crippen LogP contribution in [0, 0.1) is 17.5 Å². The molecule has 2 aromatic heterocycles. The van der Waals surface area contributed by atoms with Crippen LogP contribution in [0.15, 0.2) is 59.8 Å². The lowest BCUT2D eigenvalue weighted by Gasteiger charge is -2.41. The van der Waals surface area contributed by atoms with Crippen molar-refractivity contribution in [3.8, 4) is 28.6 Å². The molecule has 0 bridgehead atoms. The third-order valence-corrected chi connectivity index (χ3v) is 8.95. The van der Waals surface area contributed by atoms with Crippen LogP contribution in [0.3, 0.4) is 0 Å². The Hall–Kier alpha value is -4.56. The summed E-state index contributed by atoms with van der Waals surface area (Å²) in [5.41, 5.74) is -2.11. The summed E-state index contributed by atoms with van der Waals surface area (Å²) in [4.78, 5) is 20.6. The van der Waals surface area contributed by atoms with E-state index >= 15 is 17.6 Å². The van der Waals surface area contributed by atoms with Gasteiger partial charge in [-0.1, -0.05) is 18.2 Å². The molecule has 0 saturated carbocycles. The number of para-hydroxylation sites is 1. The summed E-state index contributed by atoms with van der Waals surface area (Å²) in [5, 5.41) is 9.25. The van der Waals surface area contributed by atoms with Gasteiger partial charge >= 0.3 is 5.97 Å². The zero-order valence-corrected chi connectivity index (χ0v) is 24.5. The number of aromatic nitrogens is 3. The molecule has 2 atom stereocenters. The van der Waals surface area contributed by atoms with Crippen molar-refractivity contribution in [2.75, 3.05) is 12.9 Å². The number of carbonyl (C=O) groups is 1. The summed E-state index contributed by atoms with van der Waals surface area (Å²) in [5.74, 6) is -8.86. The molecule has 14 heteroatoms. The van der Waals surface area contributed by atoms with Crippen LogP contribution in [-0.2, 0) is 27.8 Å². The van der Waals surface area contributed by atoms with Gasteiger partial charge in [0, 0.05) is 24.4 Å². The monoisotopic (exact) mass is 645 g/mol. The molecule has 0 amide bonds. The van der Waals surface area contributed by atoms with E-state index in [2.05, 4.69) is 15.0 Å². The molecule has 234 valence electrons. The Balaban J connectivity index is 1.40.